The molecular formula is C99H153N5O15. The largest absolute Gasteiger partial charge is 0.493 e. The molecular weight excluding hydrogens is 1500 g/mol. The molecule has 10 aliphatic heterocycles. The Morgan fingerprint density at radius 2 is 0.513 bits per heavy atom. The van der Waals surface area contributed by atoms with Crippen LogP contribution >= 0.6 is 0 Å². The first-order chi connectivity index (χ1) is 93.5. The van der Waals surface area contributed by atoms with Crippen LogP contribution in [0.1, 0.15) is 377 Å². The van der Waals surface area contributed by atoms with Gasteiger partial charge < -0.3 is 72.9 Å². The molecule has 5 aromatic rings. The van der Waals surface area contributed by atoms with E-state index in [2.05, 4.69) is 0 Å². The van der Waals surface area contributed by atoms with Crippen molar-refractivity contribution in [2.75, 3.05) is 136 Å². The van der Waals surface area contributed by atoms with Gasteiger partial charge in [-0.2, -0.15) is 0 Å². The molecule has 0 amide bonds. The molecule has 10 aliphatic rings. The number of hydrogen-bond donors (Lipinski definition) is 5. The molecule has 0 bridgehead atoms. The second kappa shape index (κ2) is 39.7. The lowest BCUT2D eigenvalue weighted by Crippen LogP contribution is -2.48. The highest BCUT2D eigenvalue weighted by atomic mass is 16.5. The number of aryl methyl sites for hydroxylation is 5. The number of hydrogen-bond acceptors (Lipinski definition) is 20. The van der Waals surface area contributed by atoms with Gasteiger partial charge in [0.2, 0.25) is 0 Å². The first-order valence-electron chi connectivity index (χ1n) is 82.9. The summed E-state index contributed by atoms with van der Waals surface area (Å²) >= 11 is 0. The zero-order valence-electron chi connectivity index (χ0n) is 162. The molecule has 5 fully saturated rings. The van der Waals surface area contributed by atoms with E-state index >= 15 is 0 Å². The average molecular weight is 1750 g/mol. The number of rotatable bonds is 16. The number of benzene rings is 5. The lowest BCUT2D eigenvalue weighted by Gasteiger charge is -2.47. The van der Waals surface area contributed by atoms with E-state index in [-0.39, 0.29) is 61.3 Å². The van der Waals surface area contributed by atoms with Crippen molar-refractivity contribution < 1.29 is 204 Å². The van der Waals surface area contributed by atoms with E-state index in [0.717, 1.165) is 86.2 Å². The zero-order valence-corrected chi connectivity index (χ0v) is 65.6. The predicted octanol–water partition coefficient (Wildman–Crippen LogP) is 16.7. The van der Waals surface area contributed by atoms with Gasteiger partial charge in [0.25, 0.3) is 0 Å². The molecule has 15 rings (SSSR count). The van der Waals surface area contributed by atoms with Crippen LogP contribution in [0.15, 0.2) is 60.7 Å². The van der Waals surface area contributed by atoms with Crippen molar-refractivity contribution in [1.82, 2.24) is 24.5 Å². The molecule has 119 heavy (non-hydrogen) atoms. The molecule has 15 unspecified atom stereocenters. The van der Waals surface area contributed by atoms with Crippen LogP contribution in [0.25, 0.3) is 0 Å². The summed E-state index contributed by atoms with van der Waals surface area (Å²) in [6, 6.07) is -11.7. The van der Waals surface area contributed by atoms with Gasteiger partial charge in [-0.1, -0.05) is 96.4 Å². The normalized spacial score (nSPS) is 58.6. The maximum absolute atomic E-state index is 11.6. The smallest absolute Gasteiger partial charge is 0.161 e. The van der Waals surface area contributed by atoms with Crippen LogP contribution in [0, 0.1) is 57.0 Å². The minimum absolute atomic E-state index is 0.0840. The lowest BCUT2D eigenvalue weighted by molar-refractivity contribution is -0.0259. The van der Waals surface area contributed by atoms with Crippen LogP contribution in [-0.4, -0.2) is 216 Å². The molecule has 664 valence electrons. The van der Waals surface area contributed by atoms with Crippen LogP contribution in [0.5, 0.6) is 57.5 Å². The number of methoxy groups -OCH3 is 10. The SMILES string of the molecule is [2H]C([2H])([2H])C(C)(C([2H])([2H])[2H])C([2H])([2H])C1([2H])C([2H])([2H])N2C([2H])([2H])C([2H])([2H])c3cc(OC)c(OC)cc3C2([2H])C([2H])([2H])C1([2H])O.[2H]C([2H])([2H])C(C)(C([2H])([2H])[2H])C([2H])([2H])C1([2H])C([2H])([2H])N2C([2H])([2H])C([2H])([2H])c3cc(OC)c(OC)cc3C2([2H])C([2H])([2H])C1([2H])O.[2H]C([2H])([2H])Oc1cc2c(cc1OC)C([2H])([2H])C([2H])([2H])N1C([2H])([2H])C([2H])(C([2H])([2H])C(C)(C([2H])([2H])[2H])C([2H])([2H])[2H])C([2H])(O)C([2H])([2H])C21[2H].[2H]C([2H])([2H])Oc1cc2c(cc1OC)C([2H])([2H])C([2H])([2H])N1C([2H])([2H])C([2H])(C([2H])([2H])C(C)(C([2H])([2H])[2H])C([2H])([2H])[2H])C([2H])(O)C([2H])([2H])C21[2H].[2H]C([2H])([2H])Oc1cc2c(cc1OC)C([2H])([2H])C([2H])([2H])N1C([2H])([2H])C([2H])(CC(C)C)C([2H])(O)C([2H])([2H])C21[2H]. The van der Waals surface area contributed by atoms with Gasteiger partial charge in [-0.05, 0) is 269 Å². The average Bonchev–Trinajstić information content (AvgIpc) is 0.628. The van der Waals surface area contributed by atoms with Crippen molar-refractivity contribution in [2.45, 2.75) is 252 Å². The Morgan fingerprint density at radius 1 is 0.328 bits per heavy atom. The van der Waals surface area contributed by atoms with Crippen LogP contribution in [0.3, 0.4) is 0 Å². The molecule has 20 nitrogen and oxygen atoms in total. The Morgan fingerprint density at radius 3 is 0.697 bits per heavy atom. The van der Waals surface area contributed by atoms with Crippen LogP contribution < -0.4 is 47.4 Å². The fourth-order valence-electron chi connectivity index (χ4n) is 11.8. The van der Waals surface area contributed by atoms with E-state index in [0.29, 0.717) is 24.3 Å². The number of nitrogens with zero attached hydrogens (tertiary/aromatic N) is 5. The third kappa shape index (κ3) is 22.8. The van der Waals surface area contributed by atoms with Gasteiger partial charge in [0.05, 0.1) is 127 Å². The summed E-state index contributed by atoms with van der Waals surface area (Å²) in [7, 11) is -2.14. The molecule has 5 saturated heterocycles. The summed E-state index contributed by atoms with van der Waals surface area (Å²) in [6.45, 7) is -68.5. The number of ether oxygens (including phenoxy) is 10. The van der Waals surface area contributed by atoms with E-state index < -0.39 is 458 Å². The van der Waals surface area contributed by atoms with Gasteiger partial charge in [0, 0.05) is 201 Å². The van der Waals surface area contributed by atoms with Gasteiger partial charge in [-0.25, -0.2) is 0 Å². The predicted molar refractivity (Wildman–Crippen MR) is 474 cm³/mol. The molecule has 10 heterocycles. The Hall–Kier alpha value is -6.30. The Bertz CT molecular complexity index is 8310. The summed E-state index contributed by atoms with van der Waals surface area (Å²) < 4.78 is 862. The van der Waals surface area contributed by atoms with Gasteiger partial charge in [-0.15, -0.1) is 0 Å². The number of aliphatic hydroxyl groups is 5. The van der Waals surface area contributed by atoms with Crippen LogP contribution in [-0.2, 0) is 31.9 Å². The molecule has 20 heteroatoms. The Kier molecular flexibility index (Phi) is 9.81. The van der Waals surface area contributed by atoms with Crippen molar-refractivity contribution in [3.63, 3.8) is 0 Å². The summed E-state index contributed by atoms with van der Waals surface area (Å²) in [5.74, 6) is -27.3. The second-order valence-corrected chi connectivity index (χ2v) is 27.1. The summed E-state index contributed by atoms with van der Waals surface area (Å²) in [6.07, 6.45) is -78.9. The monoisotopic (exact) mass is 1750 g/mol. The van der Waals surface area contributed by atoms with E-state index in [1.807, 2.05) is 0 Å². The highest BCUT2D eigenvalue weighted by Gasteiger charge is 2.46. The topological polar surface area (TPSA) is 210 Å². The Balaban J connectivity index is 0.000000246. The third-order valence-corrected chi connectivity index (χ3v) is 16.9. The van der Waals surface area contributed by atoms with Crippen molar-refractivity contribution in [3.8, 4) is 57.5 Å². The summed E-state index contributed by atoms with van der Waals surface area (Å²) in [5.41, 5.74) is -24.6. The minimum Gasteiger partial charge on any atom is -0.493 e. The summed E-state index contributed by atoms with van der Waals surface area (Å²) in [4.78, 5) is -2.36. The first kappa shape index (κ1) is 29.4. The lowest BCUT2D eigenvalue weighted by atomic mass is 9.75. The zero-order chi connectivity index (χ0) is 171. The van der Waals surface area contributed by atoms with Gasteiger partial charge >= 0.3 is 0 Å². The van der Waals surface area contributed by atoms with Gasteiger partial charge in [0.15, 0.2) is 57.5 Å². The van der Waals surface area contributed by atoms with Crippen molar-refractivity contribution >= 4 is 0 Å². The van der Waals surface area contributed by atoms with Crippen molar-refractivity contribution in [1.29, 1.82) is 0 Å². The van der Waals surface area contributed by atoms with Crippen molar-refractivity contribution in [2.24, 2.45) is 57.0 Å². The fourth-order valence-corrected chi connectivity index (χ4v) is 11.8. The molecule has 0 radical (unpaired) electrons. The van der Waals surface area contributed by atoms with Gasteiger partial charge in [0.1, 0.15) is 0 Å². The van der Waals surface area contributed by atoms with Crippen LogP contribution in [0.2, 0.25) is 0 Å². The van der Waals surface area contributed by atoms with Crippen molar-refractivity contribution in [3.05, 3.63) is 116 Å². The molecule has 0 aliphatic carbocycles. The minimum atomic E-state index is -4.72. The number of fused-ring (bicyclic) bond motifs is 15. The highest BCUT2D eigenvalue weighted by Crippen LogP contribution is 2.52. The van der Waals surface area contributed by atoms with Gasteiger partial charge in [-0.3, -0.25) is 24.5 Å². The van der Waals surface area contributed by atoms with E-state index in [9.17, 15) is 32.4 Å². The van der Waals surface area contributed by atoms with E-state index in [4.69, 9.17) is 172 Å². The molecule has 15 atom stereocenters. The first-order valence-corrected chi connectivity index (χ1v) is 34.9. The standard InChI is InChI=1S/4C20H31NO3.C19H29NO3/c4*1-20(2,3)11-14-12-21-7-6-13-8-18(23-4)19(24-5)9-15(13)16(21)10-17(14)22;1-12(2)7-14-11-20-6-5-13-8-18(22-3)19(23-4)9-15(13)16(20)10-17(14)21/h4*8-9,14,16-17,22H,6-7,10-12H2,1-5H3;8-9,12,14,16-17,21H,5-7,10-11H2,1-4H3/i2*1D3,2D3,5D3,6D2,7D2,10D2,11D2,12D2,14D,16D,17D;2*1D3,2D3,6D2,7D2,10D2,11D2,12D2,14D,16D,17D;4D3,5D2,6D2,10D2,11D2,14D,16D,17D. The second-order valence-electron chi connectivity index (χ2n) is 27.1. The maximum Gasteiger partial charge on any atom is 0.161 e. The quantitative estimate of drug-likeness (QED) is 0.0622. The van der Waals surface area contributed by atoms with E-state index in [1.165, 1.54) is 13.8 Å². The summed E-state index contributed by atoms with van der Waals surface area (Å²) in [5, 5.41) is 57.7. The number of piperidine rings is 5. The maximum atomic E-state index is 11.6. The molecule has 5 N–H and O–H groups in total. The molecule has 0 aromatic heterocycles. The molecule has 0 saturated carbocycles. The Labute approximate surface area is 850 Å². The van der Waals surface area contributed by atoms with E-state index in [1.54, 1.807) is 0 Å². The molecule has 0 spiro atoms. The fraction of sp³-hybridized carbons (Fsp3) is 0.697. The molecule has 5 aromatic carbocycles. The highest BCUT2D eigenvalue weighted by molar-refractivity contribution is 5.54. The van der Waals surface area contributed by atoms with Crippen LogP contribution in [0.4, 0.5) is 0 Å². The third-order valence-electron chi connectivity index (χ3n) is 16.9.